The molecule has 0 aliphatic carbocycles. The zero-order chi connectivity index (χ0) is 32.9. The quantitative estimate of drug-likeness (QED) is 0.142. The van der Waals surface area contributed by atoms with Crippen LogP contribution in [0.2, 0.25) is 0 Å². The fourth-order valence-electron chi connectivity index (χ4n) is 7.69. The third-order valence-corrected chi connectivity index (χ3v) is 9.66. The predicted molar refractivity (Wildman–Crippen MR) is 203 cm³/mol. The van der Waals surface area contributed by atoms with Crippen LogP contribution in [0.3, 0.4) is 0 Å². The summed E-state index contributed by atoms with van der Waals surface area (Å²) in [7, 11) is 0. The van der Waals surface area contributed by atoms with Crippen LogP contribution in [0, 0.1) is 17.9 Å². The molecule has 226 valence electrons. The van der Waals surface area contributed by atoms with E-state index in [1.807, 2.05) is 42.5 Å². The number of benzene rings is 8. The lowest BCUT2D eigenvalue weighted by Gasteiger charge is -2.22. The topological polar surface area (TPSA) is 33.1 Å². The molecular formula is C46H27N3. The molecule has 0 aliphatic heterocycles. The van der Waals surface area contributed by atoms with E-state index in [1.54, 1.807) is 0 Å². The van der Waals surface area contributed by atoms with Gasteiger partial charge in [-0.15, -0.1) is 0 Å². The number of hydrogen-bond donors (Lipinski definition) is 0. The van der Waals surface area contributed by atoms with Crippen LogP contribution < -0.4 is 0 Å². The van der Waals surface area contributed by atoms with E-state index in [0.717, 1.165) is 76.9 Å². The third kappa shape index (κ3) is 4.27. The molecule has 3 nitrogen and oxygen atoms in total. The predicted octanol–water partition coefficient (Wildman–Crippen LogP) is 12.5. The van der Waals surface area contributed by atoms with Gasteiger partial charge in [0.25, 0.3) is 0 Å². The first kappa shape index (κ1) is 28.3. The first-order chi connectivity index (χ1) is 24.3. The van der Waals surface area contributed by atoms with Crippen molar-refractivity contribution in [1.82, 2.24) is 4.57 Å². The fraction of sp³-hybridized carbons (Fsp3) is 0. The average molecular weight is 622 g/mol. The lowest BCUT2D eigenvalue weighted by atomic mass is 9.83. The number of nitrogens with zero attached hydrogens (tertiary/aromatic N) is 3. The van der Waals surface area contributed by atoms with Gasteiger partial charge in [-0.05, 0) is 67.6 Å². The fourth-order valence-corrected chi connectivity index (χ4v) is 7.69. The van der Waals surface area contributed by atoms with E-state index in [0.29, 0.717) is 11.3 Å². The highest BCUT2D eigenvalue weighted by Gasteiger charge is 2.24. The molecule has 9 aromatic rings. The van der Waals surface area contributed by atoms with Gasteiger partial charge in [0.05, 0.1) is 28.9 Å². The molecule has 0 spiro atoms. The Labute approximate surface area is 284 Å². The molecule has 0 N–H and O–H groups in total. The van der Waals surface area contributed by atoms with Crippen LogP contribution in [0.25, 0.3) is 87.3 Å². The van der Waals surface area contributed by atoms with Crippen molar-refractivity contribution >= 4 is 49.0 Å². The highest BCUT2D eigenvalue weighted by Crippen LogP contribution is 2.50. The van der Waals surface area contributed by atoms with Crippen LogP contribution in [-0.4, -0.2) is 4.57 Å². The number of rotatable bonds is 4. The Morgan fingerprint density at radius 1 is 0.449 bits per heavy atom. The summed E-state index contributed by atoms with van der Waals surface area (Å²) in [5, 5.41) is 17.3. The van der Waals surface area contributed by atoms with Crippen molar-refractivity contribution in [1.29, 1.82) is 5.26 Å². The summed E-state index contributed by atoms with van der Waals surface area (Å²) in [6, 6.07) is 58.7. The molecule has 1 heterocycles. The molecule has 0 unspecified atom stereocenters. The monoisotopic (exact) mass is 621 g/mol. The first-order valence-electron chi connectivity index (χ1n) is 16.3. The van der Waals surface area contributed by atoms with Gasteiger partial charge >= 0.3 is 0 Å². The SMILES string of the molecule is [C-]#[N+]c1cccc(-c2cccc(C#N)c2-n2c3ccccc3c3ccccc32)c1-c1c2ccccc2c(-c2ccccc2)c2ccccc12. The van der Waals surface area contributed by atoms with Crippen molar-refractivity contribution < 1.29 is 0 Å². The maximum Gasteiger partial charge on any atom is 0.195 e. The lowest BCUT2D eigenvalue weighted by Crippen LogP contribution is -2.02. The second-order valence-corrected chi connectivity index (χ2v) is 12.2. The van der Waals surface area contributed by atoms with Gasteiger partial charge in [-0.1, -0.05) is 146 Å². The normalized spacial score (nSPS) is 11.2. The molecule has 0 amide bonds. The molecule has 1 aromatic heterocycles. The molecule has 0 aliphatic rings. The molecule has 3 heteroatoms. The van der Waals surface area contributed by atoms with Crippen LogP contribution >= 0.6 is 0 Å². The molecule has 0 bridgehead atoms. The molecule has 8 aromatic carbocycles. The summed E-state index contributed by atoms with van der Waals surface area (Å²) in [6.07, 6.45) is 0. The number of nitriles is 1. The lowest BCUT2D eigenvalue weighted by molar-refractivity contribution is 1.17. The Hall–Kier alpha value is -6.94. The first-order valence-corrected chi connectivity index (χ1v) is 16.3. The third-order valence-electron chi connectivity index (χ3n) is 9.66. The van der Waals surface area contributed by atoms with E-state index in [-0.39, 0.29) is 0 Å². The Balaban J connectivity index is 1.45. The molecule has 0 fully saturated rings. The minimum absolute atomic E-state index is 0.566. The molecule has 0 saturated heterocycles. The average Bonchev–Trinajstić information content (AvgIpc) is 3.50. The standard InChI is InChI=1S/C46H27N3/c1-48-40-26-14-24-38(39-25-13-17-31(29-47)46(39)49-41-27-11-9-18-32(41)33-19-10-12-28-42(33)49)45(40)44-36-22-7-5-20-34(36)43(30-15-3-2-4-16-30)35-21-6-8-23-37(35)44/h2-28H. The van der Waals surface area contributed by atoms with Gasteiger partial charge in [0.2, 0.25) is 0 Å². The van der Waals surface area contributed by atoms with Gasteiger partial charge in [-0.3, -0.25) is 0 Å². The number of aromatic nitrogens is 1. The van der Waals surface area contributed by atoms with Crippen molar-refractivity contribution in [2.75, 3.05) is 0 Å². The Morgan fingerprint density at radius 3 is 1.51 bits per heavy atom. The maximum atomic E-state index is 10.6. The minimum atomic E-state index is 0.566. The Kier molecular flexibility index (Phi) is 6.58. The van der Waals surface area contributed by atoms with E-state index in [1.165, 1.54) is 5.56 Å². The molecule has 0 atom stereocenters. The summed E-state index contributed by atoms with van der Waals surface area (Å²) < 4.78 is 2.22. The zero-order valence-corrected chi connectivity index (χ0v) is 26.4. The van der Waals surface area contributed by atoms with Gasteiger partial charge in [0.15, 0.2) is 5.69 Å². The van der Waals surface area contributed by atoms with Gasteiger partial charge in [0.1, 0.15) is 6.07 Å². The summed E-state index contributed by atoms with van der Waals surface area (Å²) in [5.41, 5.74) is 10.00. The number of hydrogen-bond acceptors (Lipinski definition) is 1. The van der Waals surface area contributed by atoms with Crippen LogP contribution in [0.4, 0.5) is 5.69 Å². The molecule has 9 rings (SSSR count). The van der Waals surface area contributed by atoms with Crippen molar-refractivity contribution in [2.45, 2.75) is 0 Å². The Morgan fingerprint density at radius 2 is 0.939 bits per heavy atom. The highest BCUT2D eigenvalue weighted by molar-refractivity contribution is 6.24. The van der Waals surface area contributed by atoms with Crippen LogP contribution in [-0.2, 0) is 0 Å². The van der Waals surface area contributed by atoms with Crippen molar-refractivity contribution in [3.8, 4) is 45.1 Å². The minimum Gasteiger partial charge on any atom is -0.307 e. The highest BCUT2D eigenvalue weighted by atomic mass is 15.0. The van der Waals surface area contributed by atoms with E-state index in [9.17, 15) is 5.26 Å². The van der Waals surface area contributed by atoms with E-state index >= 15 is 0 Å². The maximum absolute atomic E-state index is 10.6. The second kappa shape index (κ2) is 11.4. The summed E-state index contributed by atoms with van der Waals surface area (Å²) in [5.74, 6) is 0. The molecular weight excluding hydrogens is 595 g/mol. The van der Waals surface area contributed by atoms with Gasteiger partial charge in [-0.25, -0.2) is 4.85 Å². The summed E-state index contributed by atoms with van der Waals surface area (Å²) >= 11 is 0. The van der Waals surface area contributed by atoms with E-state index in [2.05, 4.69) is 137 Å². The number of para-hydroxylation sites is 3. The van der Waals surface area contributed by atoms with E-state index in [4.69, 9.17) is 6.57 Å². The zero-order valence-electron chi connectivity index (χ0n) is 26.4. The van der Waals surface area contributed by atoms with Gasteiger partial charge in [0, 0.05) is 16.3 Å². The smallest absolute Gasteiger partial charge is 0.195 e. The molecule has 0 saturated carbocycles. The summed E-state index contributed by atoms with van der Waals surface area (Å²) in [4.78, 5) is 4.14. The molecule has 0 radical (unpaired) electrons. The Bertz CT molecular complexity index is 2740. The molecule has 49 heavy (non-hydrogen) atoms. The largest absolute Gasteiger partial charge is 0.307 e. The van der Waals surface area contributed by atoms with Crippen molar-refractivity contribution in [3.05, 3.63) is 181 Å². The van der Waals surface area contributed by atoms with Crippen LogP contribution in [0.15, 0.2) is 164 Å². The van der Waals surface area contributed by atoms with Gasteiger partial charge < -0.3 is 4.57 Å². The van der Waals surface area contributed by atoms with E-state index < -0.39 is 0 Å². The van der Waals surface area contributed by atoms with Crippen molar-refractivity contribution in [3.63, 3.8) is 0 Å². The second-order valence-electron chi connectivity index (χ2n) is 12.2. The number of fused-ring (bicyclic) bond motifs is 5. The van der Waals surface area contributed by atoms with Gasteiger partial charge in [-0.2, -0.15) is 5.26 Å². The van der Waals surface area contributed by atoms with Crippen molar-refractivity contribution in [2.24, 2.45) is 0 Å². The van der Waals surface area contributed by atoms with Crippen LogP contribution in [0.5, 0.6) is 0 Å². The summed E-state index contributed by atoms with van der Waals surface area (Å²) in [6.45, 7) is 8.44. The van der Waals surface area contributed by atoms with Crippen LogP contribution in [0.1, 0.15) is 5.56 Å².